The largest absolute Gasteiger partial charge is 0.497 e. The summed E-state index contributed by atoms with van der Waals surface area (Å²) in [5, 5.41) is 40.9. The van der Waals surface area contributed by atoms with Gasteiger partial charge in [0, 0.05) is 25.3 Å². The number of nitrogens with zero attached hydrogens (tertiary/aromatic N) is 1. The minimum absolute atomic E-state index is 0.348. The first-order valence-corrected chi connectivity index (χ1v) is 18.6. The average Bonchev–Trinajstić information content (AvgIpc) is 3.76. The van der Waals surface area contributed by atoms with Gasteiger partial charge in [0.05, 0.1) is 26.7 Å². The van der Waals surface area contributed by atoms with Crippen molar-refractivity contribution in [1.29, 1.82) is 0 Å². The van der Waals surface area contributed by atoms with Gasteiger partial charge < -0.3 is 38.9 Å². The van der Waals surface area contributed by atoms with Crippen molar-refractivity contribution in [3.63, 3.8) is 0 Å². The molecule has 6 rings (SSSR count). The lowest BCUT2D eigenvalue weighted by Gasteiger charge is -2.21. The standard InChI is InChI=1S/C46H47B2NO7/c1-6-43(37-25-39(48(52)53)29-42(27-37)55-5)45(34-17-19-41(54-4)20-18-34)33-15-12-31(13-16-33)14-21-44(36-24-38(47(50)51)28-40(26-36)49(2)3)46(35-22-23-56-30-35)32-10-8-7-9-11-32/h7-13,15-20,22-30,50-53H,6,14,21H2,1-5H3/b45-43+,46-44+. The van der Waals surface area contributed by atoms with E-state index in [1.165, 1.54) is 0 Å². The van der Waals surface area contributed by atoms with Crippen molar-refractivity contribution >= 4 is 53.1 Å². The summed E-state index contributed by atoms with van der Waals surface area (Å²) in [6, 6.07) is 39.8. The second kappa shape index (κ2) is 18.2. The summed E-state index contributed by atoms with van der Waals surface area (Å²) in [6.45, 7) is 2.09. The molecule has 0 unspecified atom stereocenters. The predicted octanol–water partition coefficient (Wildman–Crippen LogP) is 6.68. The van der Waals surface area contributed by atoms with Gasteiger partial charge in [0.2, 0.25) is 0 Å². The molecular formula is C46H47B2NO7. The lowest BCUT2D eigenvalue weighted by Crippen LogP contribution is -2.31. The fourth-order valence-corrected chi connectivity index (χ4v) is 7.13. The Hall–Kier alpha value is -5.77. The van der Waals surface area contributed by atoms with Crippen molar-refractivity contribution in [2.24, 2.45) is 0 Å². The third-order valence-corrected chi connectivity index (χ3v) is 10.0. The molecule has 0 fully saturated rings. The molecule has 6 aromatic rings. The number of anilines is 1. The van der Waals surface area contributed by atoms with Gasteiger partial charge in [-0.15, -0.1) is 0 Å². The zero-order chi connectivity index (χ0) is 39.8. The van der Waals surface area contributed by atoms with Crippen molar-refractivity contribution in [3.05, 3.63) is 173 Å². The van der Waals surface area contributed by atoms with Crippen LogP contribution < -0.4 is 25.3 Å². The average molecular weight is 748 g/mol. The lowest BCUT2D eigenvalue weighted by molar-refractivity contribution is 0.412. The van der Waals surface area contributed by atoms with Crippen LogP contribution in [0.4, 0.5) is 5.69 Å². The molecule has 1 aromatic heterocycles. The summed E-state index contributed by atoms with van der Waals surface area (Å²) in [7, 11) is 3.81. The number of hydrogen-bond acceptors (Lipinski definition) is 8. The molecule has 5 aromatic carbocycles. The number of allylic oxidation sites excluding steroid dienone is 2. The highest BCUT2D eigenvalue weighted by molar-refractivity contribution is 6.59. The summed E-state index contributed by atoms with van der Waals surface area (Å²) in [6.07, 6.45) is 5.43. The highest BCUT2D eigenvalue weighted by atomic mass is 16.5. The predicted molar refractivity (Wildman–Crippen MR) is 228 cm³/mol. The maximum Gasteiger partial charge on any atom is 0.488 e. The fourth-order valence-electron chi connectivity index (χ4n) is 7.13. The van der Waals surface area contributed by atoms with Gasteiger partial charge in [0.25, 0.3) is 0 Å². The van der Waals surface area contributed by atoms with Gasteiger partial charge in [-0.1, -0.05) is 85.8 Å². The van der Waals surface area contributed by atoms with E-state index in [4.69, 9.17) is 13.9 Å². The lowest BCUT2D eigenvalue weighted by atomic mass is 9.77. The van der Waals surface area contributed by atoms with E-state index in [0.29, 0.717) is 35.9 Å². The number of hydrogen-bond donors (Lipinski definition) is 4. The second-order valence-corrected chi connectivity index (χ2v) is 13.8. The minimum atomic E-state index is -1.65. The van der Waals surface area contributed by atoms with Crippen LogP contribution in [0.1, 0.15) is 58.7 Å². The minimum Gasteiger partial charge on any atom is -0.497 e. The second-order valence-electron chi connectivity index (χ2n) is 13.8. The monoisotopic (exact) mass is 747 g/mol. The molecule has 0 atom stereocenters. The first-order chi connectivity index (χ1) is 27.1. The summed E-state index contributed by atoms with van der Waals surface area (Å²) < 4.78 is 16.6. The van der Waals surface area contributed by atoms with Crippen molar-refractivity contribution in [3.8, 4) is 11.5 Å². The Morgan fingerprint density at radius 2 is 1.16 bits per heavy atom. The van der Waals surface area contributed by atoms with E-state index in [2.05, 4.69) is 49.4 Å². The first kappa shape index (κ1) is 39.9. The fraction of sp³-hybridized carbons (Fsp3) is 0.174. The zero-order valence-corrected chi connectivity index (χ0v) is 32.4. The van der Waals surface area contributed by atoms with Crippen molar-refractivity contribution in [2.75, 3.05) is 33.2 Å². The quantitative estimate of drug-likeness (QED) is 0.0680. The van der Waals surface area contributed by atoms with Gasteiger partial charge in [-0.2, -0.15) is 0 Å². The molecule has 0 saturated heterocycles. The van der Waals surface area contributed by atoms with E-state index in [1.807, 2.05) is 79.7 Å². The van der Waals surface area contributed by atoms with E-state index in [-0.39, 0.29) is 0 Å². The maximum absolute atomic E-state index is 10.3. The van der Waals surface area contributed by atoms with Crippen LogP contribution in [0.2, 0.25) is 0 Å². The number of methoxy groups -OCH3 is 2. The van der Waals surface area contributed by atoms with E-state index >= 15 is 0 Å². The van der Waals surface area contributed by atoms with Gasteiger partial charge in [0.1, 0.15) is 11.5 Å². The molecule has 56 heavy (non-hydrogen) atoms. The Morgan fingerprint density at radius 3 is 1.71 bits per heavy atom. The smallest absolute Gasteiger partial charge is 0.488 e. The van der Waals surface area contributed by atoms with Crippen molar-refractivity contribution < 1.29 is 34.0 Å². The number of rotatable bonds is 15. The molecule has 0 amide bonds. The highest BCUT2D eigenvalue weighted by Gasteiger charge is 2.21. The molecule has 1 heterocycles. The van der Waals surface area contributed by atoms with E-state index < -0.39 is 14.2 Å². The van der Waals surface area contributed by atoms with Crippen LogP contribution in [0.3, 0.4) is 0 Å². The van der Waals surface area contributed by atoms with E-state index in [9.17, 15) is 20.1 Å². The summed E-state index contributed by atoms with van der Waals surface area (Å²) in [5.41, 5.74) is 12.5. The number of furan rings is 1. The molecule has 0 spiro atoms. The summed E-state index contributed by atoms with van der Waals surface area (Å²) >= 11 is 0. The Balaban J connectivity index is 1.46. The molecule has 0 aliphatic carbocycles. The summed E-state index contributed by atoms with van der Waals surface area (Å²) in [5.74, 6) is 1.28. The summed E-state index contributed by atoms with van der Waals surface area (Å²) in [4.78, 5) is 1.96. The molecule has 8 nitrogen and oxygen atoms in total. The Bertz CT molecular complexity index is 2260. The van der Waals surface area contributed by atoms with Crippen molar-refractivity contribution in [1.82, 2.24) is 0 Å². The highest BCUT2D eigenvalue weighted by Crippen LogP contribution is 2.38. The van der Waals surface area contributed by atoms with Crippen LogP contribution in [-0.2, 0) is 6.42 Å². The van der Waals surface area contributed by atoms with Crippen LogP contribution >= 0.6 is 0 Å². The third-order valence-electron chi connectivity index (χ3n) is 10.0. The molecular weight excluding hydrogens is 700 g/mol. The van der Waals surface area contributed by atoms with E-state index in [0.717, 1.165) is 72.7 Å². The molecule has 0 aliphatic heterocycles. The molecule has 0 saturated carbocycles. The van der Waals surface area contributed by atoms with Gasteiger partial charge in [-0.05, 0) is 128 Å². The van der Waals surface area contributed by atoms with E-state index in [1.54, 1.807) is 44.9 Å². The molecule has 10 heteroatoms. The van der Waals surface area contributed by atoms with Crippen LogP contribution in [-0.4, -0.2) is 62.6 Å². The molecule has 0 aliphatic rings. The first-order valence-electron chi connectivity index (χ1n) is 18.6. The Labute approximate surface area is 329 Å². The number of benzene rings is 5. The van der Waals surface area contributed by atoms with Crippen LogP contribution in [0.15, 0.2) is 138 Å². The Morgan fingerprint density at radius 1 is 0.589 bits per heavy atom. The van der Waals surface area contributed by atoms with Gasteiger partial charge in [-0.3, -0.25) is 0 Å². The Kier molecular flexibility index (Phi) is 13.0. The van der Waals surface area contributed by atoms with Crippen molar-refractivity contribution in [2.45, 2.75) is 26.2 Å². The van der Waals surface area contributed by atoms with Crippen LogP contribution in [0.25, 0.3) is 22.3 Å². The maximum atomic E-state index is 10.3. The van der Waals surface area contributed by atoms with Crippen LogP contribution in [0, 0.1) is 0 Å². The number of ether oxygens (including phenoxy) is 2. The van der Waals surface area contributed by atoms with Gasteiger partial charge in [0.15, 0.2) is 0 Å². The SMILES string of the molecule is CC/C(=C(/c1ccc(CC/C(=C(/c2ccccc2)c2ccoc2)c2cc(B(O)O)cc(N(C)C)c2)cc1)c1ccc(OC)cc1)c1cc(OC)cc(B(O)O)c1. The van der Waals surface area contributed by atoms with Gasteiger partial charge in [-0.25, -0.2) is 0 Å². The zero-order valence-electron chi connectivity index (χ0n) is 32.4. The molecule has 0 radical (unpaired) electrons. The van der Waals surface area contributed by atoms with Crippen LogP contribution in [0.5, 0.6) is 11.5 Å². The molecule has 0 bridgehead atoms. The molecule has 4 N–H and O–H groups in total. The molecule has 284 valence electrons. The number of aryl methyl sites for hydroxylation is 1. The normalized spacial score (nSPS) is 12.1. The topological polar surface area (TPSA) is 116 Å². The van der Waals surface area contributed by atoms with Gasteiger partial charge >= 0.3 is 14.2 Å². The third kappa shape index (κ3) is 9.18.